The first kappa shape index (κ1) is 16.6. The molecule has 0 saturated heterocycles. The lowest BCUT2D eigenvalue weighted by Gasteiger charge is -2.07. The van der Waals surface area contributed by atoms with Gasteiger partial charge in [-0.3, -0.25) is 4.79 Å². The molecule has 0 fully saturated rings. The van der Waals surface area contributed by atoms with Crippen molar-refractivity contribution >= 4 is 22.8 Å². The highest BCUT2D eigenvalue weighted by molar-refractivity contribution is 6.01. The smallest absolute Gasteiger partial charge is 0.314 e. The van der Waals surface area contributed by atoms with Gasteiger partial charge in [-0.25, -0.2) is 9.18 Å². The minimum Gasteiger partial charge on any atom is -0.497 e. The lowest BCUT2D eigenvalue weighted by Crippen LogP contribution is -2.34. The number of ether oxygens (including phenoxy) is 1. The summed E-state index contributed by atoms with van der Waals surface area (Å²) in [6.45, 7) is 0.301. The molecule has 1 heterocycles. The van der Waals surface area contributed by atoms with E-state index in [0.29, 0.717) is 29.7 Å². The molecule has 4 N–H and O–H groups in total. The first-order valence-electron chi connectivity index (χ1n) is 7.07. The number of nitrogens with one attached hydrogen (secondary N) is 4. The molecule has 0 atom stereocenters. The molecule has 0 spiro atoms. The lowest BCUT2D eigenvalue weighted by atomic mass is 10.1. The lowest BCUT2D eigenvalue weighted by molar-refractivity contribution is 0.0958. The molecular weight excluding hydrogens is 303 g/mol. The van der Waals surface area contributed by atoms with Gasteiger partial charge in [0, 0.05) is 32.1 Å². The van der Waals surface area contributed by atoms with Crippen molar-refractivity contribution in [2.75, 3.05) is 27.7 Å². The molecule has 1 aromatic carbocycles. The molecule has 3 amide bonds. The Bertz CT molecular complexity index is 742. The first-order chi connectivity index (χ1) is 11.0. The van der Waals surface area contributed by atoms with Gasteiger partial charge in [0.05, 0.1) is 12.6 Å². The van der Waals surface area contributed by atoms with Crippen LogP contribution in [0.15, 0.2) is 12.1 Å². The zero-order valence-electron chi connectivity index (χ0n) is 13.2. The molecule has 0 bridgehead atoms. The Morgan fingerprint density at radius 2 is 2.00 bits per heavy atom. The molecule has 0 radical (unpaired) electrons. The third-order valence-corrected chi connectivity index (χ3v) is 3.52. The number of hydrogen-bond acceptors (Lipinski definition) is 3. The zero-order valence-corrected chi connectivity index (χ0v) is 13.2. The van der Waals surface area contributed by atoms with E-state index in [-0.39, 0.29) is 23.1 Å². The fraction of sp³-hybridized carbons (Fsp3) is 0.333. The number of aromatic amines is 1. The number of aromatic nitrogens is 1. The molecule has 8 heteroatoms. The van der Waals surface area contributed by atoms with Crippen LogP contribution >= 0.6 is 0 Å². The number of amides is 3. The number of carbonyl (C=O) groups is 2. The summed E-state index contributed by atoms with van der Waals surface area (Å²) in [7, 11) is 4.45. The Kier molecular flexibility index (Phi) is 5.05. The molecule has 124 valence electrons. The molecule has 0 aliphatic heterocycles. The van der Waals surface area contributed by atoms with E-state index in [0.717, 1.165) is 0 Å². The van der Waals surface area contributed by atoms with Crippen LogP contribution < -0.4 is 20.7 Å². The molecule has 7 nitrogen and oxygen atoms in total. The van der Waals surface area contributed by atoms with Gasteiger partial charge in [0.2, 0.25) is 0 Å². The van der Waals surface area contributed by atoms with Gasteiger partial charge in [0.25, 0.3) is 5.91 Å². The van der Waals surface area contributed by atoms with Crippen LogP contribution in [0.25, 0.3) is 10.9 Å². The van der Waals surface area contributed by atoms with Gasteiger partial charge in [-0.15, -0.1) is 0 Å². The average Bonchev–Trinajstić information content (AvgIpc) is 2.93. The summed E-state index contributed by atoms with van der Waals surface area (Å²) in [4.78, 5) is 26.1. The summed E-state index contributed by atoms with van der Waals surface area (Å²) in [5.41, 5.74) is 1.13. The normalized spacial score (nSPS) is 10.4. The molecule has 0 aliphatic carbocycles. The summed E-state index contributed by atoms with van der Waals surface area (Å²) in [5.74, 6) is -0.498. The van der Waals surface area contributed by atoms with Crippen molar-refractivity contribution in [2.45, 2.75) is 6.42 Å². The number of benzene rings is 1. The Morgan fingerprint density at radius 1 is 1.26 bits per heavy atom. The third kappa shape index (κ3) is 3.36. The van der Waals surface area contributed by atoms with Gasteiger partial charge in [-0.1, -0.05) is 0 Å². The number of hydrogen-bond donors (Lipinski definition) is 4. The first-order valence-corrected chi connectivity index (χ1v) is 7.07. The Hall–Kier alpha value is -2.77. The molecule has 23 heavy (non-hydrogen) atoms. The van der Waals surface area contributed by atoms with E-state index >= 15 is 0 Å². The second kappa shape index (κ2) is 6.99. The molecular formula is C15H19FN4O3. The summed E-state index contributed by atoms with van der Waals surface area (Å²) in [5, 5.41) is 8.16. The maximum Gasteiger partial charge on any atom is 0.314 e. The number of H-pyrrole nitrogens is 1. The summed E-state index contributed by atoms with van der Waals surface area (Å²) < 4.78 is 19.3. The number of fused-ring (bicyclic) bond motifs is 1. The van der Waals surface area contributed by atoms with Gasteiger partial charge in [0.15, 0.2) is 5.82 Å². The largest absolute Gasteiger partial charge is 0.497 e. The fourth-order valence-corrected chi connectivity index (χ4v) is 2.37. The highest BCUT2D eigenvalue weighted by Crippen LogP contribution is 2.29. The van der Waals surface area contributed by atoms with E-state index in [2.05, 4.69) is 20.9 Å². The number of methoxy groups -OCH3 is 1. The van der Waals surface area contributed by atoms with Crippen LogP contribution in [-0.4, -0.2) is 44.7 Å². The quantitative estimate of drug-likeness (QED) is 0.665. The van der Waals surface area contributed by atoms with Crippen molar-refractivity contribution in [1.29, 1.82) is 0 Å². The Morgan fingerprint density at radius 3 is 2.61 bits per heavy atom. The van der Waals surface area contributed by atoms with Gasteiger partial charge in [-0.05, 0) is 18.1 Å². The van der Waals surface area contributed by atoms with Gasteiger partial charge in [0.1, 0.15) is 11.4 Å². The SMILES string of the molecule is CNC(=O)NCCc1c(C(=O)NC)[nH]c2c(F)cc(OC)cc12. The van der Waals surface area contributed by atoms with E-state index in [4.69, 9.17) is 4.74 Å². The molecule has 0 saturated carbocycles. The maximum absolute atomic E-state index is 14.2. The van der Waals surface area contributed by atoms with Crippen LogP contribution in [0.3, 0.4) is 0 Å². The van der Waals surface area contributed by atoms with Gasteiger partial charge < -0.3 is 25.7 Å². The number of urea groups is 1. The molecule has 0 aliphatic rings. The number of halogens is 1. The number of rotatable bonds is 5. The minimum absolute atomic E-state index is 0.236. The molecule has 2 rings (SSSR count). The van der Waals surface area contributed by atoms with E-state index < -0.39 is 5.82 Å². The Labute approximate surface area is 132 Å². The van der Waals surface area contributed by atoms with Crippen molar-refractivity contribution in [3.63, 3.8) is 0 Å². The fourth-order valence-electron chi connectivity index (χ4n) is 2.37. The van der Waals surface area contributed by atoms with E-state index in [1.807, 2.05) is 0 Å². The average molecular weight is 322 g/mol. The number of carbonyl (C=O) groups excluding carboxylic acids is 2. The molecule has 2 aromatic rings. The van der Waals surface area contributed by atoms with Crippen LogP contribution in [0.2, 0.25) is 0 Å². The molecule has 1 aromatic heterocycles. The predicted octanol–water partition coefficient (Wildman–Crippen LogP) is 1.15. The monoisotopic (exact) mass is 322 g/mol. The maximum atomic E-state index is 14.2. The second-order valence-corrected chi connectivity index (χ2v) is 4.85. The highest BCUT2D eigenvalue weighted by atomic mass is 19.1. The topological polar surface area (TPSA) is 95.3 Å². The van der Waals surface area contributed by atoms with E-state index in [9.17, 15) is 14.0 Å². The standard InChI is InChI=1S/C15H19FN4O3/c1-17-14(21)13-9(4-5-19-15(22)18-2)10-6-8(23-3)7-11(16)12(10)20-13/h6-7,20H,4-5H2,1-3H3,(H,17,21)(H2,18,19,22). The Balaban J connectivity index is 2.46. The summed E-state index contributed by atoms with van der Waals surface area (Å²) in [6, 6.07) is 2.59. The van der Waals surface area contributed by atoms with Crippen molar-refractivity contribution < 1.29 is 18.7 Å². The summed E-state index contributed by atoms with van der Waals surface area (Å²) in [6.07, 6.45) is 0.364. The van der Waals surface area contributed by atoms with Crippen LogP contribution in [0.4, 0.5) is 9.18 Å². The van der Waals surface area contributed by atoms with Gasteiger partial charge in [-0.2, -0.15) is 0 Å². The van der Waals surface area contributed by atoms with Crippen molar-refractivity contribution in [2.24, 2.45) is 0 Å². The third-order valence-electron chi connectivity index (χ3n) is 3.52. The van der Waals surface area contributed by atoms with Crippen LogP contribution in [0.5, 0.6) is 5.75 Å². The van der Waals surface area contributed by atoms with Crippen LogP contribution in [0, 0.1) is 5.82 Å². The molecule has 0 unspecified atom stereocenters. The van der Waals surface area contributed by atoms with Crippen LogP contribution in [-0.2, 0) is 6.42 Å². The van der Waals surface area contributed by atoms with Gasteiger partial charge >= 0.3 is 6.03 Å². The second-order valence-electron chi connectivity index (χ2n) is 4.85. The van der Waals surface area contributed by atoms with Crippen molar-refractivity contribution in [1.82, 2.24) is 20.9 Å². The van der Waals surface area contributed by atoms with Crippen molar-refractivity contribution in [3.05, 3.63) is 29.2 Å². The highest BCUT2D eigenvalue weighted by Gasteiger charge is 2.19. The van der Waals surface area contributed by atoms with Crippen LogP contribution in [0.1, 0.15) is 16.1 Å². The predicted molar refractivity (Wildman–Crippen MR) is 84.4 cm³/mol. The minimum atomic E-state index is -0.505. The van der Waals surface area contributed by atoms with Crippen molar-refractivity contribution in [3.8, 4) is 5.75 Å². The zero-order chi connectivity index (χ0) is 17.0. The van der Waals surface area contributed by atoms with E-state index in [1.165, 1.54) is 27.3 Å². The summed E-state index contributed by atoms with van der Waals surface area (Å²) >= 11 is 0. The van der Waals surface area contributed by atoms with E-state index in [1.54, 1.807) is 6.07 Å².